The van der Waals surface area contributed by atoms with Crippen molar-refractivity contribution in [2.24, 2.45) is 0 Å². The average molecular weight is 391 g/mol. The summed E-state index contributed by atoms with van der Waals surface area (Å²) in [5, 5.41) is 9.29. The molecule has 1 atom stereocenters. The minimum Gasteiger partial charge on any atom is -0.392 e. The second-order valence-electron chi connectivity index (χ2n) is 6.60. The van der Waals surface area contributed by atoms with Crippen molar-refractivity contribution >= 4 is 23.4 Å². The van der Waals surface area contributed by atoms with E-state index in [-0.39, 0.29) is 6.10 Å². The van der Waals surface area contributed by atoms with Crippen molar-refractivity contribution in [1.82, 2.24) is 0 Å². The Morgan fingerprint density at radius 1 is 0.800 bits per heavy atom. The molecular formula is C22H43ClOS. The Labute approximate surface area is 167 Å². The predicted octanol–water partition coefficient (Wildman–Crippen LogP) is 7.77. The Kier molecular flexibility index (Phi) is 28.7. The van der Waals surface area contributed by atoms with Gasteiger partial charge in [-0.05, 0) is 6.42 Å². The maximum atomic E-state index is 9.29. The van der Waals surface area contributed by atoms with Crippen LogP contribution >= 0.6 is 23.4 Å². The Bertz CT molecular complexity index is 250. The number of thioether (sulfide) groups is 1. The SMILES string of the molecule is C=CCSCC=C.CCCCCCCCCCCCCCC(O)CCl. The first-order valence-electron chi connectivity index (χ1n) is 10.3. The second kappa shape index (κ2) is 26.3. The number of hydrogen-bond donors (Lipinski definition) is 1. The number of aliphatic hydroxyl groups is 1. The van der Waals surface area contributed by atoms with Gasteiger partial charge in [0.15, 0.2) is 0 Å². The van der Waals surface area contributed by atoms with E-state index < -0.39 is 0 Å². The van der Waals surface area contributed by atoms with Crippen LogP contribution in [-0.2, 0) is 0 Å². The van der Waals surface area contributed by atoms with E-state index in [0.717, 1.165) is 24.3 Å². The number of alkyl halides is 1. The minimum absolute atomic E-state index is 0.283. The van der Waals surface area contributed by atoms with Crippen molar-refractivity contribution in [2.45, 2.75) is 96.5 Å². The van der Waals surface area contributed by atoms with Crippen LogP contribution < -0.4 is 0 Å². The van der Waals surface area contributed by atoms with Crippen LogP contribution in [0.1, 0.15) is 90.4 Å². The van der Waals surface area contributed by atoms with E-state index in [9.17, 15) is 5.11 Å². The molecule has 0 amide bonds. The van der Waals surface area contributed by atoms with E-state index in [1.165, 1.54) is 70.6 Å². The summed E-state index contributed by atoms with van der Waals surface area (Å²) in [5.74, 6) is 2.45. The molecule has 0 aliphatic carbocycles. The van der Waals surface area contributed by atoms with Gasteiger partial charge in [-0.3, -0.25) is 0 Å². The molecule has 1 N–H and O–H groups in total. The zero-order valence-electron chi connectivity index (χ0n) is 16.7. The highest BCUT2D eigenvalue weighted by atomic mass is 35.5. The standard InChI is InChI=1S/C16H33ClO.C6H10S/c1-2-3-4-5-6-7-8-9-10-11-12-13-14-16(18)15-17;1-3-5-7-6-4-2/h16,18H,2-15H2,1H3;3-4H,1-2,5-6H2. The van der Waals surface area contributed by atoms with Crippen LogP contribution in [0.25, 0.3) is 0 Å². The molecule has 0 rings (SSSR count). The summed E-state index contributed by atoms with van der Waals surface area (Å²) in [4.78, 5) is 0. The lowest BCUT2D eigenvalue weighted by atomic mass is 10.0. The number of unbranched alkanes of at least 4 members (excludes halogenated alkanes) is 11. The molecule has 1 nitrogen and oxygen atoms in total. The highest BCUT2D eigenvalue weighted by Crippen LogP contribution is 2.13. The van der Waals surface area contributed by atoms with Gasteiger partial charge < -0.3 is 5.11 Å². The molecular weight excluding hydrogens is 348 g/mol. The van der Waals surface area contributed by atoms with Crippen molar-refractivity contribution in [3.8, 4) is 0 Å². The Morgan fingerprint density at radius 2 is 1.20 bits per heavy atom. The van der Waals surface area contributed by atoms with Gasteiger partial charge in [0.05, 0.1) is 6.10 Å². The van der Waals surface area contributed by atoms with E-state index >= 15 is 0 Å². The number of halogens is 1. The quantitative estimate of drug-likeness (QED) is 0.146. The Balaban J connectivity index is 0. The number of rotatable bonds is 18. The lowest BCUT2D eigenvalue weighted by molar-refractivity contribution is 0.183. The zero-order valence-corrected chi connectivity index (χ0v) is 18.3. The highest BCUT2D eigenvalue weighted by Gasteiger charge is 2.00. The summed E-state index contributed by atoms with van der Waals surface area (Å²) in [5.41, 5.74) is 0. The van der Waals surface area contributed by atoms with Crippen LogP contribution in [0, 0.1) is 0 Å². The minimum atomic E-state index is -0.283. The van der Waals surface area contributed by atoms with Gasteiger partial charge in [-0.25, -0.2) is 0 Å². The monoisotopic (exact) mass is 390 g/mol. The predicted molar refractivity (Wildman–Crippen MR) is 120 cm³/mol. The molecule has 0 radical (unpaired) electrons. The molecule has 3 heteroatoms. The lowest BCUT2D eigenvalue weighted by Crippen LogP contribution is -2.07. The Morgan fingerprint density at radius 3 is 1.56 bits per heavy atom. The summed E-state index contributed by atoms with van der Waals surface area (Å²) in [6.07, 6.45) is 20.7. The van der Waals surface area contributed by atoms with E-state index in [0.29, 0.717) is 5.88 Å². The molecule has 0 aliphatic rings. The van der Waals surface area contributed by atoms with E-state index in [1.54, 1.807) is 0 Å². The molecule has 1 unspecified atom stereocenters. The van der Waals surface area contributed by atoms with Gasteiger partial charge in [0.1, 0.15) is 0 Å². The molecule has 0 saturated carbocycles. The molecule has 0 saturated heterocycles. The summed E-state index contributed by atoms with van der Waals surface area (Å²) in [6, 6.07) is 0. The van der Waals surface area contributed by atoms with Gasteiger partial charge in [0, 0.05) is 17.4 Å². The molecule has 0 aromatic rings. The maximum Gasteiger partial charge on any atom is 0.0675 e. The molecule has 0 heterocycles. The molecule has 0 bridgehead atoms. The molecule has 150 valence electrons. The normalized spacial score (nSPS) is 11.5. The molecule has 0 aromatic heterocycles. The van der Waals surface area contributed by atoms with Crippen molar-refractivity contribution in [2.75, 3.05) is 17.4 Å². The summed E-state index contributed by atoms with van der Waals surface area (Å²) in [6.45, 7) is 9.42. The molecule has 0 fully saturated rings. The van der Waals surface area contributed by atoms with Gasteiger partial charge in [-0.15, -0.1) is 24.8 Å². The van der Waals surface area contributed by atoms with E-state index in [2.05, 4.69) is 20.1 Å². The zero-order chi connectivity index (χ0) is 19.0. The first kappa shape index (κ1) is 27.3. The highest BCUT2D eigenvalue weighted by molar-refractivity contribution is 7.99. The number of aliphatic hydroxyl groups excluding tert-OH is 1. The smallest absolute Gasteiger partial charge is 0.0675 e. The third-order valence-electron chi connectivity index (χ3n) is 4.04. The van der Waals surface area contributed by atoms with Crippen LogP contribution in [0.15, 0.2) is 25.3 Å². The largest absolute Gasteiger partial charge is 0.392 e. The topological polar surface area (TPSA) is 20.2 Å². The van der Waals surface area contributed by atoms with Crippen LogP contribution in [0.5, 0.6) is 0 Å². The lowest BCUT2D eigenvalue weighted by Gasteiger charge is -2.06. The fraction of sp³-hybridized carbons (Fsp3) is 0.818. The summed E-state index contributed by atoms with van der Waals surface area (Å²) in [7, 11) is 0. The van der Waals surface area contributed by atoms with Crippen molar-refractivity contribution in [1.29, 1.82) is 0 Å². The molecule has 25 heavy (non-hydrogen) atoms. The van der Waals surface area contributed by atoms with Crippen LogP contribution in [-0.4, -0.2) is 28.6 Å². The van der Waals surface area contributed by atoms with Gasteiger partial charge in [-0.1, -0.05) is 96.1 Å². The molecule has 0 aliphatic heterocycles. The summed E-state index contributed by atoms with van der Waals surface area (Å²) >= 11 is 7.36. The second-order valence-corrected chi connectivity index (χ2v) is 7.98. The van der Waals surface area contributed by atoms with Crippen molar-refractivity contribution in [3.05, 3.63) is 25.3 Å². The van der Waals surface area contributed by atoms with Gasteiger partial charge in [0.2, 0.25) is 0 Å². The molecule has 0 spiro atoms. The van der Waals surface area contributed by atoms with Gasteiger partial charge >= 0.3 is 0 Å². The van der Waals surface area contributed by atoms with Crippen LogP contribution in [0.2, 0.25) is 0 Å². The maximum absolute atomic E-state index is 9.29. The van der Waals surface area contributed by atoms with E-state index in [1.807, 2.05) is 23.9 Å². The van der Waals surface area contributed by atoms with Crippen LogP contribution in [0.3, 0.4) is 0 Å². The van der Waals surface area contributed by atoms with E-state index in [4.69, 9.17) is 11.6 Å². The first-order chi connectivity index (χ1) is 12.2. The fourth-order valence-electron chi connectivity index (χ4n) is 2.53. The third kappa shape index (κ3) is 29.1. The Hall–Kier alpha value is 0.0800. The van der Waals surface area contributed by atoms with Crippen molar-refractivity contribution < 1.29 is 5.11 Å². The van der Waals surface area contributed by atoms with Gasteiger partial charge in [0.25, 0.3) is 0 Å². The first-order valence-corrected chi connectivity index (χ1v) is 11.9. The summed E-state index contributed by atoms with van der Waals surface area (Å²) < 4.78 is 0. The number of hydrogen-bond acceptors (Lipinski definition) is 2. The van der Waals surface area contributed by atoms with Gasteiger partial charge in [-0.2, -0.15) is 11.8 Å². The van der Waals surface area contributed by atoms with Crippen molar-refractivity contribution in [3.63, 3.8) is 0 Å². The molecule has 0 aromatic carbocycles. The van der Waals surface area contributed by atoms with Crippen LogP contribution in [0.4, 0.5) is 0 Å². The third-order valence-corrected chi connectivity index (χ3v) is 5.34. The fourth-order valence-corrected chi connectivity index (χ4v) is 3.16. The average Bonchev–Trinajstić information content (AvgIpc) is 2.63.